The molecule has 8 heteroatoms. The van der Waals surface area contributed by atoms with Crippen molar-refractivity contribution in [3.05, 3.63) is 36.2 Å². The SMILES string of the molecule is COc1cc(C)cc(-c2ncn(/C=C\C(=O)OC(=O)OCC(C)C)n2)c1. The molecule has 0 saturated heterocycles. The van der Waals surface area contributed by atoms with E-state index < -0.39 is 12.1 Å². The third-order valence-electron chi connectivity index (χ3n) is 3.14. The van der Waals surface area contributed by atoms with E-state index in [1.807, 2.05) is 39.0 Å². The average molecular weight is 359 g/mol. The fourth-order valence-electron chi connectivity index (χ4n) is 1.99. The molecular weight excluding hydrogens is 338 g/mol. The van der Waals surface area contributed by atoms with Gasteiger partial charge in [-0.2, -0.15) is 0 Å². The summed E-state index contributed by atoms with van der Waals surface area (Å²) in [5, 5.41) is 4.25. The van der Waals surface area contributed by atoms with Crippen LogP contribution in [0.15, 0.2) is 30.6 Å². The van der Waals surface area contributed by atoms with E-state index >= 15 is 0 Å². The lowest BCUT2D eigenvalue weighted by Gasteiger charge is -2.05. The fraction of sp³-hybridized carbons (Fsp3) is 0.333. The molecule has 1 aromatic carbocycles. The lowest BCUT2D eigenvalue weighted by molar-refractivity contribution is -0.134. The largest absolute Gasteiger partial charge is 0.516 e. The van der Waals surface area contributed by atoms with Crippen LogP contribution in [0.1, 0.15) is 19.4 Å². The van der Waals surface area contributed by atoms with Gasteiger partial charge in [-0.05, 0) is 36.6 Å². The maximum atomic E-state index is 11.6. The molecule has 1 heterocycles. The van der Waals surface area contributed by atoms with Crippen molar-refractivity contribution in [2.45, 2.75) is 20.8 Å². The summed E-state index contributed by atoms with van der Waals surface area (Å²) in [6.07, 6.45) is 2.80. The highest BCUT2D eigenvalue weighted by molar-refractivity contribution is 5.91. The van der Waals surface area contributed by atoms with Crippen molar-refractivity contribution in [1.29, 1.82) is 0 Å². The van der Waals surface area contributed by atoms with Crippen molar-refractivity contribution in [2.24, 2.45) is 5.92 Å². The zero-order valence-corrected chi connectivity index (χ0v) is 15.1. The Kier molecular flexibility index (Phi) is 6.48. The van der Waals surface area contributed by atoms with Crippen molar-refractivity contribution in [2.75, 3.05) is 13.7 Å². The molecule has 138 valence electrons. The van der Waals surface area contributed by atoms with Gasteiger partial charge in [-0.1, -0.05) is 13.8 Å². The van der Waals surface area contributed by atoms with Crippen LogP contribution in [0.2, 0.25) is 0 Å². The molecule has 0 amide bonds. The molecule has 0 fully saturated rings. The predicted molar refractivity (Wildman–Crippen MR) is 94.4 cm³/mol. The Balaban J connectivity index is 1.99. The molecule has 1 aromatic heterocycles. The number of methoxy groups -OCH3 is 1. The second-order valence-corrected chi connectivity index (χ2v) is 5.98. The van der Waals surface area contributed by atoms with Gasteiger partial charge < -0.3 is 14.2 Å². The monoisotopic (exact) mass is 359 g/mol. The molecule has 0 aliphatic heterocycles. The van der Waals surface area contributed by atoms with E-state index in [2.05, 4.69) is 14.8 Å². The van der Waals surface area contributed by atoms with Gasteiger partial charge in [0.15, 0.2) is 5.82 Å². The molecule has 0 unspecified atom stereocenters. The molecule has 8 nitrogen and oxygen atoms in total. The Bertz CT molecular complexity index is 811. The van der Waals surface area contributed by atoms with Gasteiger partial charge in [0, 0.05) is 17.8 Å². The third kappa shape index (κ3) is 5.73. The van der Waals surface area contributed by atoms with Gasteiger partial charge in [-0.15, -0.1) is 5.10 Å². The van der Waals surface area contributed by atoms with Crippen LogP contribution >= 0.6 is 0 Å². The van der Waals surface area contributed by atoms with Crippen LogP contribution < -0.4 is 4.74 Å². The molecule has 0 aliphatic rings. The number of aromatic nitrogens is 3. The molecule has 0 saturated carbocycles. The average Bonchev–Trinajstić information content (AvgIpc) is 3.06. The second kappa shape index (κ2) is 8.80. The lowest BCUT2D eigenvalue weighted by Crippen LogP contribution is -2.14. The Morgan fingerprint density at radius 1 is 1.27 bits per heavy atom. The number of carbonyl (C=O) groups is 2. The number of ether oxygens (including phenoxy) is 3. The molecule has 26 heavy (non-hydrogen) atoms. The topological polar surface area (TPSA) is 92.5 Å². The minimum Gasteiger partial charge on any atom is -0.497 e. The number of esters is 1. The summed E-state index contributed by atoms with van der Waals surface area (Å²) < 4.78 is 15.8. The zero-order valence-electron chi connectivity index (χ0n) is 15.1. The predicted octanol–water partition coefficient (Wildman–Crippen LogP) is 3.07. The first kappa shape index (κ1) is 19.2. The quantitative estimate of drug-likeness (QED) is 0.444. The van der Waals surface area contributed by atoms with Gasteiger partial charge in [0.25, 0.3) is 0 Å². The summed E-state index contributed by atoms with van der Waals surface area (Å²) in [5.41, 5.74) is 1.79. The number of carbonyl (C=O) groups excluding carboxylic acids is 2. The Morgan fingerprint density at radius 2 is 2.04 bits per heavy atom. The van der Waals surface area contributed by atoms with Crippen LogP contribution in [0, 0.1) is 12.8 Å². The van der Waals surface area contributed by atoms with Crippen molar-refractivity contribution in [3.8, 4) is 17.1 Å². The Morgan fingerprint density at radius 3 is 2.73 bits per heavy atom. The van der Waals surface area contributed by atoms with E-state index in [0.29, 0.717) is 11.6 Å². The van der Waals surface area contributed by atoms with E-state index in [0.717, 1.165) is 17.2 Å². The number of benzene rings is 1. The molecule has 0 N–H and O–H groups in total. The minimum absolute atomic E-state index is 0.155. The maximum Gasteiger partial charge on any atom is 0.516 e. The van der Waals surface area contributed by atoms with Crippen LogP contribution in [-0.2, 0) is 14.3 Å². The van der Waals surface area contributed by atoms with Crippen molar-refractivity contribution >= 4 is 18.3 Å². The number of rotatable bonds is 6. The standard InChI is InChI=1S/C18H21N3O5/c1-12(2)10-25-18(23)26-16(22)5-6-21-11-19-17(20-21)14-7-13(3)8-15(9-14)24-4/h5-9,11-12H,10H2,1-4H3/b6-5-. The van der Waals surface area contributed by atoms with Crippen LogP contribution in [0.4, 0.5) is 4.79 Å². The number of aryl methyl sites for hydroxylation is 1. The Labute approximate surface area is 151 Å². The van der Waals surface area contributed by atoms with E-state index in [-0.39, 0.29) is 12.5 Å². The summed E-state index contributed by atoms with van der Waals surface area (Å²) in [4.78, 5) is 27.1. The first-order chi connectivity index (χ1) is 12.4. The van der Waals surface area contributed by atoms with Gasteiger partial charge in [0.05, 0.1) is 13.7 Å². The number of hydrogen-bond acceptors (Lipinski definition) is 7. The van der Waals surface area contributed by atoms with Gasteiger partial charge in [0.2, 0.25) is 0 Å². The highest BCUT2D eigenvalue weighted by Crippen LogP contribution is 2.23. The van der Waals surface area contributed by atoms with E-state index in [9.17, 15) is 9.59 Å². The number of nitrogens with zero attached hydrogens (tertiary/aromatic N) is 3. The van der Waals surface area contributed by atoms with Gasteiger partial charge in [0.1, 0.15) is 12.1 Å². The highest BCUT2D eigenvalue weighted by Gasteiger charge is 2.10. The number of hydrogen-bond donors (Lipinski definition) is 0. The fourth-order valence-corrected chi connectivity index (χ4v) is 1.99. The molecule has 2 rings (SSSR count). The summed E-state index contributed by atoms with van der Waals surface area (Å²) in [7, 11) is 1.59. The van der Waals surface area contributed by atoms with E-state index in [4.69, 9.17) is 9.47 Å². The summed E-state index contributed by atoms with van der Waals surface area (Å²) >= 11 is 0. The van der Waals surface area contributed by atoms with Crippen molar-refractivity contribution < 1.29 is 23.8 Å². The van der Waals surface area contributed by atoms with Crippen LogP contribution in [0.25, 0.3) is 17.6 Å². The summed E-state index contributed by atoms with van der Waals surface area (Å²) in [5.74, 6) is 0.479. The zero-order chi connectivity index (χ0) is 19.1. The molecule has 0 aliphatic carbocycles. The lowest BCUT2D eigenvalue weighted by atomic mass is 10.1. The maximum absolute atomic E-state index is 11.6. The highest BCUT2D eigenvalue weighted by atomic mass is 16.7. The first-order valence-corrected chi connectivity index (χ1v) is 8.01. The molecule has 0 atom stereocenters. The normalized spacial score (nSPS) is 11.0. The van der Waals surface area contributed by atoms with Crippen LogP contribution in [0.3, 0.4) is 0 Å². The van der Waals surface area contributed by atoms with Gasteiger partial charge in [-0.3, -0.25) is 0 Å². The second-order valence-electron chi connectivity index (χ2n) is 5.98. The third-order valence-corrected chi connectivity index (χ3v) is 3.14. The minimum atomic E-state index is -1.03. The van der Waals surface area contributed by atoms with Gasteiger partial charge in [-0.25, -0.2) is 19.3 Å². The van der Waals surface area contributed by atoms with Crippen LogP contribution in [-0.4, -0.2) is 40.6 Å². The molecule has 0 spiro atoms. The van der Waals surface area contributed by atoms with E-state index in [1.54, 1.807) is 7.11 Å². The summed E-state index contributed by atoms with van der Waals surface area (Å²) in [6.45, 7) is 5.88. The smallest absolute Gasteiger partial charge is 0.497 e. The summed E-state index contributed by atoms with van der Waals surface area (Å²) in [6, 6.07) is 5.63. The Hall–Kier alpha value is -3.16. The molecule has 0 bridgehead atoms. The molecular formula is C18H21N3O5. The first-order valence-electron chi connectivity index (χ1n) is 8.01. The molecule has 2 aromatic rings. The van der Waals surface area contributed by atoms with Crippen molar-refractivity contribution in [1.82, 2.24) is 14.8 Å². The van der Waals surface area contributed by atoms with E-state index in [1.165, 1.54) is 17.2 Å². The van der Waals surface area contributed by atoms with Gasteiger partial charge >= 0.3 is 12.1 Å². The van der Waals surface area contributed by atoms with Crippen molar-refractivity contribution in [3.63, 3.8) is 0 Å². The van der Waals surface area contributed by atoms with Crippen LogP contribution in [0.5, 0.6) is 5.75 Å². The molecule has 0 radical (unpaired) electrons.